The van der Waals surface area contributed by atoms with Gasteiger partial charge in [-0.15, -0.1) is 11.3 Å². The molecule has 0 bridgehead atoms. The SMILES string of the molecule is COc1ccc(C(=O)NCC(=O)NN=Cc2ccc(OC(=O)c3cccs3)cc2)cc1OC. The molecule has 1 aromatic heterocycles. The minimum Gasteiger partial charge on any atom is -0.493 e. The van der Waals surface area contributed by atoms with Crippen LogP contribution in [-0.2, 0) is 4.79 Å². The normalized spacial score (nSPS) is 10.5. The van der Waals surface area contributed by atoms with Crippen molar-refractivity contribution in [3.8, 4) is 17.2 Å². The Balaban J connectivity index is 1.45. The van der Waals surface area contributed by atoms with Crippen LogP contribution in [0.25, 0.3) is 0 Å². The van der Waals surface area contributed by atoms with E-state index in [-0.39, 0.29) is 6.54 Å². The zero-order chi connectivity index (χ0) is 23.6. The summed E-state index contributed by atoms with van der Waals surface area (Å²) in [7, 11) is 2.97. The number of nitrogens with one attached hydrogen (secondary N) is 2. The third kappa shape index (κ3) is 6.65. The number of benzene rings is 2. The van der Waals surface area contributed by atoms with Gasteiger partial charge < -0.3 is 19.5 Å². The molecule has 0 spiro atoms. The van der Waals surface area contributed by atoms with Crippen molar-refractivity contribution >= 4 is 35.3 Å². The lowest BCUT2D eigenvalue weighted by atomic mass is 10.2. The van der Waals surface area contributed by atoms with Crippen LogP contribution < -0.4 is 25.0 Å². The fraction of sp³-hybridized carbons (Fsp3) is 0.130. The molecule has 0 aliphatic heterocycles. The van der Waals surface area contributed by atoms with Crippen LogP contribution >= 0.6 is 11.3 Å². The van der Waals surface area contributed by atoms with Crippen LogP contribution in [0.15, 0.2) is 65.1 Å². The maximum absolute atomic E-state index is 12.2. The summed E-state index contributed by atoms with van der Waals surface area (Å²) in [6.07, 6.45) is 1.43. The van der Waals surface area contributed by atoms with Crippen LogP contribution in [0, 0.1) is 0 Å². The monoisotopic (exact) mass is 467 g/mol. The molecule has 0 aliphatic rings. The van der Waals surface area contributed by atoms with E-state index in [9.17, 15) is 14.4 Å². The van der Waals surface area contributed by atoms with Gasteiger partial charge in [0.25, 0.3) is 11.8 Å². The van der Waals surface area contributed by atoms with Gasteiger partial charge >= 0.3 is 5.97 Å². The Morgan fingerprint density at radius 3 is 2.42 bits per heavy atom. The van der Waals surface area contributed by atoms with Gasteiger partial charge in [0.05, 0.1) is 27.0 Å². The van der Waals surface area contributed by atoms with Crippen LogP contribution in [0.3, 0.4) is 0 Å². The summed E-state index contributed by atoms with van der Waals surface area (Å²) < 4.78 is 15.6. The lowest BCUT2D eigenvalue weighted by molar-refractivity contribution is -0.120. The summed E-state index contributed by atoms with van der Waals surface area (Å²) in [5.74, 6) is -0.0630. The molecular weight excluding hydrogens is 446 g/mol. The van der Waals surface area contributed by atoms with E-state index in [0.29, 0.717) is 33.3 Å². The number of amides is 2. The molecule has 2 amide bonds. The molecule has 2 N–H and O–H groups in total. The molecule has 0 fully saturated rings. The maximum atomic E-state index is 12.2. The highest BCUT2D eigenvalue weighted by Crippen LogP contribution is 2.27. The van der Waals surface area contributed by atoms with E-state index in [1.54, 1.807) is 53.9 Å². The molecule has 0 saturated heterocycles. The summed E-state index contributed by atoms with van der Waals surface area (Å²) in [5.41, 5.74) is 3.34. The smallest absolute Gasteiger partial charge is 0.353 e. The molecule has 0 radical (unpaired) electrons. The molecule has 0 aliphatic carbocycles. The van der Waals surface area contributed by atoms with Gasteiger partial charge in [0, 0.05) is 5.56 Å². The van der Waals surface area contributed by atoms with Gasteiger partial charge in [-0.1, -0.05) is 6.07 Å². The van der Waals surface area contributed by atoms with Crippen LogP contribution in [0.1, 0.15) is 25.6 Å². The van der Waals surface area contributed by atoms with E-state index < -0.39 is 17.8 Å². The van der Waals surface area contributed by atoms with Gasteiger partial charge in [-0.3, -0.25) is 9.59 Å². The molecule has 9 nitrogen and oxygen atoms in total. The number of nitrogens with zero attached hydrogens (tertiary/aromatic N) is 1. The van der Waals surface area contributed by atoms with Crippen molar-refractivity contribution in [2.75, 3.05) is 20.8 Å². The lowest BCUT2D eigenvalue weighted by Crippen LogP contribution is -2.34. The highest BCUT2D eigenvalue weighted by Gasteiger charge is 2.12. The third-order valence-electron chi connectivity index (χ3n) is 4.27. The predicted octanol–water partition coefficient (Wildman–Crippen LogP) is 2.86. The third-order valence-corrected chi connectivity index (χ3v) is 5.12. The molecule has 2 aromatic carbocycles. The summed E-state index contributed by atoms with van der Waals surface area (Å²) in [6, 6.07) is 14.8. The zero-order valence-corrected chi connectivity index (χ0v) is 18.7. The van der Waals surface area contributed by atoms with Crippen molar-refractivity contribution in [3.05, 3.63) is 76.0 Å². The Bertz CT molecular complexity index is 1140. The minimum absolute atomic E-state index is 0.262. The quantitative estimate of drug-likeness (QED) is 0.216. The average Bonchev–Trinajstić information content (AvgIpc) is 3.38. The zero-order valence-electron chi connectivity index (χ0n) is 17.9. The Morgan fingerprint density at radius 1 is 1.00 bits per heavy atom. The Labute approximate surface area is 194 Å². The number of ether oxygens (including phenoxy) is 3. The van der Waals surface area contributed by atoms with Crippen molar-refractivity contribution in [2.45, 2.75) is 0 Å². The van der Waals surface area contributed by atoms with Crippen molar-refractivity contribution in [1.29, 1.82) is 0 Å². The Kier molecular flexibility index (Phi) is 8.14. The average molecular weight is 468 g/mol. The molecule has 3 rings (SSSR count). The summed E-state index contributed by atoms with van der Waals surface area (Å²) in [4.78, 5) is 36.6. The maximum Gasteiger partial charge on any atom is 0.353 e. The number of hydrazone groups is 1. The van der Waals surface area contributed by atoms with Crippen molar-refractivity contribution < 1.29 is 28.6 Å². The highest BCUT2D eigenvalue weighted by molar-refractivity contribution is 7.12. The van der Waals surface area contributed by atoms with Crippen LogP contribution in [0.5, 0.6) is 17.2 Å². The van der Waals surface area contributed by atoms with E-state index in [1.165, 1.54) is 37.8 Å². The van der Waals surface area contributed by atoms with Gasteiger partial charge in [0.2, 0.25) is 0 Å². The van der Waals surface area contributed by atoms with Crippen molar-refractivity contribution in [2.24, 2.45) is 5.10 Å². The first-order valence-corrected chi connectivity index (χ1v) is 10.6. The number of rotatable bonds is 9. The number of methoxy groups -OCH3 is 2. The first kappa shape index (κ1) is 23.5. The number of hydrogen-bond acceptors (Lipinski definition) is 8. The van der Waals surface area contributed by atoms with Gasteiger partial charge in [-0.25, -0.2) is 10.2 Å². The molecule has 0 saturated carbocycles. The van der Waals surface area contributed by atoms with Gasteiger partial charge in [0.1, 0.15) is 10.6 Å². The Hall–Kier alpha value is -4.18. The second kappa shape index (κ2) is 11.4. The van der Waals surface area contributed by atoms with Gasteiger partial charge in [0.15, 0.2) is 11.5 Å². The highest BCUT2D eigenvalue weighted by atomic mass is 32.1. The topological polar surface area (TPSA) is 115 Å². The number of thiophene rings is 1. The molecule has 1 heterocycles. The molecule has 0 atom stereocenters. The number of esters is 1. The predicted molar refractivity (Wildman–Crippen MR) is 123 cm³/mol. The van der Waals surface area contributed by atoms with E-state index >= 15 is 0 Å². The molecule has 3 aromatic rings. The van der Waals surface area contributed by atoms with Crippen LogP contribution in [-0.4, -0.2) is 44.8 Å². The van der Waals surface area contributed by atoms with E-state index in [1.807, 2.05) is 0 Å². The van der Waals surface area contributed by atoms with Crippen molar-refractivity contribution in [3.63, 3.8) is 0 Å². The first-order valence-electron chi connectivity index (χ1n) is 9.68. The summed E-state index contributed by atoms with van der Waals surface area (Å²) in [5, 5.41) is 8.16. The molecule has 170 valence electrons. The second-order valence-corrected chi connectivity index (χ2v) is 7.43. The number of carbonyl (C=O) groups is 3. The van der Waals surface area contributed by atoms with Crippen LogP contribution in [0.2, 0.25) is 0 Å². The van der Waals surface area contributed by atoms with Crippen molar-refractivity contribution in [1.82, 2.24) is 10.7 Å². The Morgan fingerprint density at radius 2 is 1.76 bits per heavy atom. The largest absolute Gasteiger partial charge is 0.493 e. The fourth-order valence-corrected chi connectivity index (χ4v) is 3.23. The molecule has 0 unspecified atom stereocenters. The fourth-order valence-electron chi connectivity index (χ4n) is 2.63. The van der Waals surface area contributed by atoms with Crippen LogP contribution in [0.4, 0.5) is 0 Å². The molecule has 10 heteroatoms. The summed E-state index contributed by atoms with van der Waals surface area (Å²) >= 11 is 1.30. The van der Waals surface area contributed by atoms with Gasteiger partial charge in [-0.05, 0) is 59.5 Å². The minimum atomic E-state index is -0.499. The number of hydrogen-bond donors (Lipinski definition) is 2. The molecular formula is C23H21N3O6S. The summed E-state index contributed by atoms with van der Waals surface area (Å²) in [6.45, 7) is -0.262. The first-order chi connectivity index (χ1) is 16.0. The standard InChI is InChI=1S/C23H21N3O6S/c1-30-18-10-7-16(12-19(18)31-2)22(28)24-14-21(27)26-25-13-15-5-8-17(9-6-15)32-23(29)20-4-3-11-33-20/h3-13H,14H2,1-2H3,(H,24,28)(H,26,27). The van der Waals surface area contributed by atoms with E-state index in [4.69, 9.17) is 14.2 Å². The second-order valence-electron chi connectivity index (χ2n) is 6.48. The number of carbonyl (C=O) groups excluding carboxylic acids is 3. The van der Waals surface area contributed by atoms with Gasteiger partial charge in [-0.2, -0.15) is 5.10 Å². The lowest BCUT2D eigenvalue weighted by Gasteiger charge is -2.09. The van der Waals surface area contributed by atoms with E-state index in [0.717, 1.165) is 0 Å². The molecule has 33 heavy (non-hydrogen) atoms. The van der Waals surface area contributed by atoms with E-state index in [2.05, 4.69) is 15.8 Å².